The van der Waals surface area contributed by atoms with Gasteiger partial charge in [0, 0.05) is 24.3 Å². The van der Waals surface area contributed by atoms with Crippen molar-refractivity contribution in [1.29, 1.82) is 0 Å². The van der Waals surface area contributed by atoms with Crippen molar-refractivity contribution >= 4 is 5.82 Å². The third-order valence-electron chi connectivity index (χ3n) is 2.42. The standard InChI is InChI=1S/C10H15N3O/c1-7-5-9(11)13-10(12-7)8-3-2-4-14-6-8/h5,8H,2-4,6H2,1H3,(H2,11,12,13). The highest BCUT2D eigenvalue weighted by molar-refractivity contribution is 5.29. The molecule has 76 valence electrons. The Morgan fingerprint density at radius 2 is 2.36 bits per heavy atom. The zero-order valence-electron chi connectivity index (χ0n) is 8.36. The first kappa shape index (κ1) is 9.40. The number of aryl methyl sites for hydroxylation is 1. The molecule has 4 heteroatoms. The lowest BCUT2D eigenvalue weighted by molar-refractivity contribution is 0.0780. The van der Waals surface area contributed by atoms with Gasteiger partial charge < -0.3 is 10.5 Å². The van der Waals surface area contributed by atoms with Gasteiger partial charge in [-0.1, -0.05) is 0 Å². The molecule has 1 aromatic heterocycles. The van der Waals surface area contributed by atoms with Crippen LogP contribution in [0.5, 0.6) is 0 Å². The first-order valence-corrected chi connectivity index (χ1v) is 4.94. The number of hydrogen-bond donors (Lipinski definition) is 1. The van der Waals surface area contributed by atoms with Crippen LogP contribution < -0.4 is 5.73 Å². The van der Waals surface area contributed by atoms with Gasteiger partial charge in [0.2, 0.25) is 0 Å². The van der Waals surface area contributed by atoms with Crippen LogP contribution >= 0.6 is 0 Å². The number of nitrogen functional groups attached to an aromatic ring is 1. The quantitative estimate of drug-likeness (QED) is 0.729. The van der Waals surface area contributed by atoms with Crippen molar-refractivity contribution in [3.8, 4) is 0 Å². The second kappa shape index (κ2) is 3.92. The number of aromatic nitrogens is 2. The Bertz CT molecular complexity index is 301. The number of nitrogens with two attached hydrogens (primary N) is 1. The Labute approximate surface area is 83.5 Å². The van der Waals surface area contributed by atoms with Crippen molar-refractivity contribution in [2.45, 2.75) is 25.7 Å². The van der Waals surface area contributed by atoms with Crippen LogP contribution in [0.2, 0.25) is 0 Å². The molecular weight excluding hydrogens is 178 g/mol. The molecule has 4 nitrogen and oxygen atoms in total. The van der Waals surface area contributed by atoms with Gasteiger partial charge in [0.15, 0.2) is 0 Å². The van der Waals surface area contributed by atoms with E-state index in [4.69, 9.17) is 10.5 Å². The van der Waals surface area contributed by atoms with Crippen LogP contribution in [0.15, 0.2) is 6.07 Å². The fourth-order valence-electron chi connectivity index (χ4n) is 1.74. The van der Waals surface area contributed by atoms with E-state index in [2.05, 4.69) is 9.97 Å². The van der Waals surface area contributed by atoms with Gasteiger partial charge in [0.05, 0.1) is 6.61 Å². The SMILES string of the molecule is Cc1cc(N)nc(C2CCCOC2)n1. The average molecular weight is 193 g/mol. The van der Waals surface area contributed by atoms with E-state index in [1.807, 2.05) is 6.92 Å². The van der Waals surface area contributed by atoms with Gasteiger partial charge in [-0.3, -0.25) is 0 Å². The molecule has 2 rings (SSSR count). The van der Waals surface area contributed by atoms with Crippen molar-refractivity contribution in [1.82, 2.24) is 9.97 Å². The lowest BCUT2D eigenvalue weighted by Gasteiger charge is -2.20. The molecule has 0 amide bonds. The van der Waals surface area contributed by atoms with Crippen molar-refractivity contribution in [3.05, 3.63) is 17.6 Å². The van der Waals surface area contributed by atoms with Gasteiger partial charge in [-0.15, -0.1) is 0 Å². The van der Waals surface area contributed by atoms with E-state index in [0.29, 0.717) is 11.7 Å². The van der Waals surface area contributed by atoms with Crippen LogP contribution in [-0.4, -0.2) is 23.2 Å². The van der Waals surface area contributed by atoms with Crippen LogP contribution in [-0.2, 0) is 4.74 Å². The highest BCUT2D eigenvalue weighted by Crippen LogP contribution is 2.23. The molecule has 0 bridgehead atoms. The summed E-state index contributed by atoms with van der Waals surface area (Å²) in [6.45, 7) is 3.52. The van der Waals surface area contributed by atoms with Crippen LogP contribution in [0.25, 0.3) is 0 Å². The summed E-state index contributed by atoms with van der Waals surface area (Å²) in [6, 6.07) is 1.78. The Kier molecular flexibility index (Phi) is 2.63. The van der Waals surface area contributed by atoms with E-state index in [0.717, 1.165) is 37.6 Å². The number of ether oxygens (including phenoxy) is 1. The Balaban J connectivity index is 2.21. The van der Waals surface area contributed by atoms with Gasteiger partial charge in [-0.25, -0.2) is 9.97 Å². The molecule has 1 atom stereocenters. The van der Waals surface area contributed by atoms with Gasteiger partial charge >= 0.3 is 0 Å². The molecule has 1 saturated heterocycles. The molecular formula is C10H15N3O. The lowest BCUT2D eigenvalue weighted by atomic mass is 10.0. The van der Waals surface area contributed by atoms with Gasteiger partial charge in [0.1, 0.15) is 11.6 Å². The van der Waals surface area contributed by atoms with Crippen molar-refractivity contribution in [2.24, 2.45) is 0 Å². The molecule has 1 aliphatic heterocycles. The predicted molar refractivity (Wildman–Crippen MR) is 54.0 cm³/mol. The van der Waals surface area contributed by atoms with Gasteiger partial charge in [-0.2, -0.15) is 0 Å². The van der Waals surface area contributed by atoms with Gasteiger partial charge in [0.25, 0.3) is 0 Å². The number of rotatable bonds is 1. The Morgan fingerprint density at radius 3 is 3.00 bits per heavy atom. The first-order chi connectivity index (χ1) is 6.75. The lowest BCUT2D eigenvalue weighted by Crippen LogP contribution is -2.18. The third-order valence-corrected chi connectivity index (χ3v) is 2.42. The topological polar surface area (TPSA) is 61.0 Å². The minimum atomic E-state index is 0.325. The molecule has 0 aromatic carbocycles. The zero-order chi connectivity index (χ0) is 9.97. The Hall–Kier alpha value is -1.16. The average Bonchev–Trinajstić information content (AvgIpc) is 2.18. The Morgan fingerprint density at radius 1 is 1.50 bits per heavy atom. The monoisotopic (exact) mass is 193 g/mol. The molecule has 0 saturated carbocycles. The maximum atomic E-state index is 5.67. The minimum absolute atomic E-state index is 0.325. The van der Waals surface area contributed by atoms with Crippen LogP contribution in [0.4, 0.5) is 5.82 Å². The molecule has 0 spiro atoms. The van der Waals surface area contributed by atoms with E-state index in [9.17, 15) is 0 Å². The summed E-state index contributed by atoms with van der Waals surface area (Å²) >= 11 is 0. The maximum Gasteiger partial charge on any atom is 0.136 e. The molecule has 1 unspecified atom stereocenters. The molecule has 0 radical (unpaired) electrons. The molecule has 2 N–H and O–H groups in total. The first-order valence-electron chi connectivity index (χ1n) is 4.94. The van der Waals surface area contributed by atoms with Crippen molar-refractivity contribution in [2.75, 3.05) is 18.9 Å². The van der Waals surface area contributed by atoms with Crippen LogP contribution in [0.1, 0.15) is 30.3 Å². The van der Waals surface area contributed by atoms with Crippen LogP contribution in [0, 0.1) is 6.92 Å². The summed E-state index contributed by atoms with van der Waals surface area (Å²) in [5, 5.41) is 0. The molecule has 1 aliphatic rings. The molecule has 2 heterocycles. The minimum Gasteiger partial charge on any atom is -0.384 e. The normalized spacial score (nSPS) is 22.2. The summed E-state index contributed by atoms with van der Waals surface area (Å²) in [5.74, 6) is 1.71. The largest absolute Gasteiger partial charge is 0.384 e. The fraction of sp³-hybridized carbons (Fsp3) is 0.600. The van der Waals surface area contributed by atoms with E-state index in [-0.39, 0.29) is 0 Å². The highest BCUT2D eigenvalue weighted by Gasteiger charge is 2.19. The van der Waals surface area contributed by atoms with E-state index in [1.54, 1.807) is 6.07 Å². The number of hydrogen-bond acceptors (Lipinski definition) is 4. The highest BCUT2D eigenvalue weighted by atomic mass is 16.5. The van der Waals surface area contributed by atoms with E-state index >= 15 is 0 Å². The second-order valence-electron chi connectivity index (χ2n) is 3.71. The molecule has 1 aromatic rings. The smallest absolute Gasteiger partial charge is 0.136 e. The summed E-state index contributed by atoms with van der Waals surface area (Å²) in [5.41, 5.74) is 6.60. The van der Waals surface area contributed by atoms with Crippen molar-refractivity contribution < 1.29 is 4.74 Å². The predicted octanol–water partition coefficient (Wildman–Crippen LogP) is 1.26. The fourth-order valence-corrected chi connectivity index (χ4v) is 1.74. The summed E-state index contributed by atoms with van der Waals surface area (Å²) in [4.78, 5) is 8.63. The number of nitrogens with zero attached hydrogens (tertiary/aromatic N) is 2. The maximum absolute atomic E-state index is 5.67. The molecule has 1 fully saturated rings. The van der Waals surface area contributed by atoms with Crippen LogP contribution in [0.3, 0.4) is 0 Å². The number of anilines is 1. The summed E-state index contributed by atoms with van der Waals surface area (Å²) < 4.78 is 5.40. The van der Waals surface area contributed by atoms with Gasteiger partial charge in [-0.05, 0) is 19.8 Å². The molecule has 14 heavy (non-hydrogen) atoms. The summed E-state index contributed by atoms with van der Waals surface area (Å²) in [6.07, 6.45) is 2.19. The zero-order valence-corrected chi connectivity index (χ0v) is 8.36. The summed E-state index contributed by atoms with van der Waals surface area (Å²) in [7, 11) is 0. The third kappa shape index (κ3) is 2.01. The second-order valence-corrected chi connectivity index (χ2v) is 3.71. The van der Waals surface area contributed by atoms with Crippen molar-refractivity contribution in [3.63, 3.8) is 0 Å². The van der Waals surface area contributed by atoms with E-state index < -0.39 is 0 Å². The van der Waals surface area contributed by atoms with E-state index in [1.165, 1.54) is 0 Å². The molecule has 0 aliphatic carbocycles.